The second-order valence-electron chi connectivity index (χ2n) is 2.90. The summed E-state index contributed by atoms with van der Waals surface area (Å²) < 4.78 is 5.77. The number of carbonyl (C=O) groups is 1. The predicted molar refractivity (Wildman–Crippen MR) is 55.3 cm³/mol. The first-order chi connectivity index (χ1) is 7.65. The molecule has 0 aliphatic rings. The van der Waals surface area contributed by atoms with Gasteiger partial charge in [-0.2, -0.15) is 9.50 Å². The Balaban J connectivity index is 2.61. The third-order valence-electron chi connectivity index (χ3n) is 1.88. The molecule has 0 aromatic carbocycles. The van der Waals surface area contributed by atoms with Gasteiger partial charge in [-0.25, -0.2) is 9.78 Å². The van der Waals surface area contributed by atoms with E-state index in [2.05, 4.69) is 32.4 Å². The van der Waals surface area contributed by atoms with Gasteiger partial charge in [-0.3, -0.25) is 0 Å². The third kappa shape index (κ3) is 1.72. The van der Waals surface area contributed by atoms with Crippen molar-refractivity contribution < 1.29 is 14.6 Å². The molecule has 2 heterocycles. The van der Waals surface area contributed by atoms with Crippen LogP contribution in [0.1, 0.15) is 16.3 Å². The molecule has 0 aliphatic heterocycles. The van der Waals surface area contributed by atoms with Crippen LogP contribution in [0.4, 0.5) is 0 Å². The highest BCUT2D eigenvalue weighted by Crippen LogP contribution is 2.10. The lowest BCUT2D eigenvalue weighted by Gasteiger charge is -1.98. The van der Waals surface area contributed by atoms with Crippen molar-refractivity contribution in [2.45, 2.75) is 11.6 Å². The number of thiol groups is 1. The first kappa shape index (κ1) is 10.8. The van der Waals surface area contributed by atoms with E-state index in [0.717, 1.165) is 0 Å². The monoisotopic (exact) mass is 240 g/mol. The van der Waals surface area contributed by atoms with Crippen molar-refractivity contribution in [3.63, 3.8) is 0 Å². The van der Waals surface area contributed by atoms with Crippen molar-refractivity contribution in [2.75, 3.05) is 7.11 Å². The van der Waals surface area contributed by atoms with E-state index in [1.54, 1.807) is 0 Å². The summed E-state index contributed by atoms with van der Waals surface area (Å²) in [7, 11) is 1.24. The summed E-state index contributed by atoms with van der Waals surface area (Å²) in [6, 6.07) is 1.53. The van der Waals surface area contributed by atoms with Gasteiger partial charge in [-0.05, 0) is 6.07 Å². The van der Waals surface area contributed by atoms with Gasteiger partial charge >= 0.3 is 5.97 Å². The zero-order valence-electron chi connectivity index (χ0n) is 8.28. The van der Waals surface area contributed by atoms with Gasteiger partial charge in [0.15, 0.2) is 0 Å². The molecule has 16 heavy (non-hydrogen) atoms. The van der Waals surface area contributed by atoms with Crippen LogP contribution >= 0.6 is 12.6 Å². The SMILES string of the molecule is COC(=O)c1nc2nc(CO)cc(S)n2n1. The van der Waals surface area contributed by atoms with Crippen LogP contribution in [0.3, 0.4) is 0 Å². The lowest BCUT2D eigenvalue weighted by molar-refractivity contribution is 0.0587. The Labute approximate surface area is 95.5 Å². The molecule has 0 fully saturated rings. The van der Waals surface area contributed by atoms with E-state index < -0.39 is 5.97 Å². The first-order valence-corrected chi connectivity index (χ1v) is 4.75. The third-order valence-corrected chi connectivity index (χ3v) is 2.19. The molecule has 7 nitrogen and oxygen atoms in total. The fourth-order valence-corrected chi connectivity index (χ4v) is 1.44. The highest BCUT2D eigenvalue weighted by molar-refractivity contribution is 7.80. The molecule has 0 spiro atoms. The lowest BCUT2D eigenvalue weighted by atomic mass is 10.4. The van der Waals surface area contributed by atoms with E-state index in [0.29, 0.717) is 10.7 Å². The molecule has 0 bridgehead atoms. The molecule has 0 atom stereocenters. The zero-order valence-corrected chi connectivity index (χ0v) is 9.18. The molecule has 2 rings (SSSR count). The average molecular weight is 240 g/mol. The number of fused-ring (bicyclic) bond motifs is 1. The Bertz CT molecular complexity index is 553. The second-order valence-corrected chi connectivity index (χ2v) is 3.36. The summed E-state index contributed by atoms with van der Waals surface area (Å²) in [6.07, 6.45) is 0. The molecule has 0 unspecified atom stereocenters. The minimum atomic E-state index is -0.649. The van der Waals surface area contributed by atoms with Gasteiger partial charge in [0.05, 0.1) is 19.4 Å². The topological polar surface area (TPSA) is 89.6 Å². The molecule has 8 heteroatoms. The number of hydrogen-bond acceptors (Lipinski definition) is 7. The second kappa shape index (κ2) is 4.06. The van der Waals surface area contributed by atoms with Crippen LogP contribution in [0, 0.1) is 0 Å². The van der Waals surface area contributed by atoms with E-state index >= 15 is 0 Å². The molecule has 84 valence electrons. The normalized spacial score (nSPS) is 10.7. The number of aliphatic hydroxyl groups is 1. The van der Waals surface area contributed by atoms with Gasteiger partial charge < -0.3 is 9.84 Å². The fraction of sp³-hybridized carbons (Fsp3) is 0.250. The van der Waals surface area contributed by atoms with Crippen molar-refractivity contribution in [3.05, 3.63) is 17.6 Å². The smallest absolute Gasteiger partial charge is 0.378 e. The average Bonchev–Trinajstić information content (AvgIpc) is 2.72. The maximum Gasteiger partial charge on any atom is 0.378 e. The van der Waals surface area contributed by atoms with Gasteiger partial charge in [-0.1, -0.05) is 0 Å². The summed E-state index contributed by atoms with van der Waals surface area (Å²) in [6.45, 7) is -0.232. The molecule has 0 radical (unpaired) electrons. The summed E-state index contributed by atoms with van der Waals surface area (Å²) in [5.74, 6) is -0.555. The largest absolute Gasteiger partial charge is 0.463 e. The number of esters is 1. The number of aromatic nitrogens is 4. The van der Waals surface area contributed by atoms with Crippen LogP contribution < -0.4 is 0 Å². The minimum absolute atomic E-state index is 0.0969. The molecular weight excluding hydrogens is 232 g/mol. The van der Waals surface area contributed by atoms with E-state index in [1.165, 1.54) is 17.7 Å². The molecule has 0 saturated heterocycles. The number of rotatable bonds is 2. The number of hydrogen-bond donors (Lipinski definition) is 2. The quantitative estimate of drug-likeness (QED) is 0.425. The lowest BCUT2D eigenvalue weighted by Crippen LogP contribution is -2.04. The molecule has 0 amide bonds. The number of methoxy groups -OCH3 is 1. The first-order valence-electron chi connectivity index (χ1n) is 4.30. The fourth-order valence-electron chi connectivity index (χ4n) is 1.16. The number of ether oxygens (including phenoxy) is 1. The van der Waals surface area contributed by atoms with E-state index in [1.807, 2.05) is 0 Å². The van der Waals surface area contributed by atoms with Gasteiger partial charge in [0.2, 0.25) is 0 Å². The van der Waals surface area contributed by atoms with Gasteiger partial charge in [0.1, 0.15) is 5.03 Å². The van der Waals surface area contributed by atoms with Crippen LogP contribution in [0.5, 0.6) is 0 Å². The number of nitrogens with zero attached hydrogens (tertiary/aromatic N) is 4. The van der Waals surface area contributed by atoms with Gasteiger partial charge in [-0.15, -0.1) is 17.7 Å². The van der Waals surface area contributed by atoms with Gasteiger partial charge in [0, 0.05) is 0 Å². The number of aliphatic hydroxyl groups excluding tert-OH is 1. The van der Waals surface area contributed by atoms with Crippen LogP contribution in [0.15, 0.2) is 11.1 Å². The Morgan fingerprint density at radius 1 is 1.62 bits per heavy atom. The molecule has 0 aliphatic carbocycles. The summed E-state index contributed by atoms with van der Waals surface area (Å²) >= 11 is 4.14. The predicted octanol–water partition coefficient (Wildman–Crippen LogP) is -0.308. The van der Waals surface area contributed by atoms with Gasteiger partial charge in [0.25, 0.3) is 11.6 Å². The van der Waals surface area contributed by atoms with Crippen LogP contribution in [0.25, 0.3) is 5.78 Å². The Morgan fingerprint density at radius 2 is 2.38 bits per heavy atom. The Morgan fingerprint density at radius 3 is 3.00 bits per heavy atom. The maximum absolute atomic E-state index is 11.2. The highest BCUT2D eigenvalue weighted by atomic mass is 32.1. The standard InChI is InChI=1S/C8H8N4O3S/c1-15-7(14)6-10-8-9-4(3-13)2-5(16)12(8)11-6/h2,13,16H,3H2,1H3. The summed E-state index contributed by atoms with van der Waals surface area (Å²) in [5.41, 5.74) is 0.404. The van der Waals surface area contributed by atoms with Crippen molar-refractivity contribution >= 4 is 24.4 Å². The van der Waals surface area contributed by atoms with Crippen molar-refractivity contribution in [1.29, 1.82) is 0 Å². The summed E-state index contributed by atoms with van der Waals surface area (Å²) in [5, 5.41) is 13.2. The van der Waals surface area contributed by atoms with Crippen molar-refractivity contribution in [3.8, 4) is 0 Å². The van der Waals surface area contributed by atoms with Crippen LogP contribution in [0.2, 0.25) is 0 Å². The maximum atomic E-state index is 11.2. The number of carbonyl (C=O) groups excluding carboxylic acids is 1. The molecule has 2 aromatic rings. The van der Waals surface area contributed by atoms with Crippen LogP contribution in [-0.4, -0.2) is 37.8 Å². The van der Waals surface area contributed by atoms with E-state index in [4.69, 9.17) is 5.11 Å². The molecule has 0 saturated carbocycles. The van der Waals surface area contributed by atoms with Crippen molar-refractivity contribution in [2.24, 2.45) is 0 Å². The molecular formula is C8H8N4O3S. The van der Waals surface area contributed by atoms with Crippen molar-refractivity contribution in [1.82, 2.24) is 19.6 Å². The minimum Gasteiger partial charge on any atom is -0.463 e. The Hall–Kier alpha value is -1.67. The van der Waals surface area contributed by atoms with Crippen LogP contribution in [-0.2, 0) is 11.3 Å². The highest BCUT2D eigenvalue weighted by Gasteiger charge is 2.15. The molecule has 2 aromatic heterocycles. The Kier molecular flexibility index (Phi) is 2.75. The van der Waals surface area contributed by atoms with E-state index in [9.17, 15) is 4.79 Å². The zero-order chi connectivity index (χ0) is 11.7. The summed E-state index contributed by atoms with van der Waals surface area (Å²) in [4.78, 5) is 19.0. The molecule has 1 N–H and O–H groups in total. The van der Waals surface area contributed by atoms with E-state index in [-0.39, 0.29) is 18.2 Å².